The number of aryl methyl sites for hydroxylation is 1. The van der Waals surface area contributed by atoms with Gasteiger partial charge in [-0.15, -0.1) is 0 Å². The van der Waals surface area contributed by atoms with Gasteiger partial charge in [-0.25, -0.2) is 8.42 Å². The number of anilines is 1. The highest BCUT2D eigenvalue weighted by atomic mass is 32.2. The minimum Gasteiger partial charge on any atom is -0.372 e. The Kier molecular flexibility index (Phi) is 4.09. The summed E-state index contributed by atoms with van der Waals surface area (Å²) < 4.78 is 21.0. The monoisotopic (exact) mass is 293 g/mol. The predicted octanol–water partition coefficient (Wildman–Crippen LogP) is 1.07. The van der Waals surface area contributed by atoms with Crippen LogP contribution in [-0.2, 0) is 10.7 Å². The van der Waals surface area contributed by atoms with E-state index in [0.29, 0.717) is 11.3 Å². The Hall–Kier alpha value is -2.28. The van der Waals surface area contributed by atoms with Gasteiger partial charge in [0.1, 0.15) is 5.88 Å². The quantitative estimate of drug-likeness (QED) is 0.619. The second kappa shape index (κ2) is 5.79. The van der Waals surface area contributed by atoms with E-state index in [0.717, 1.165) is 17.0 Å². The zero-order valence-corrected chi connectivity index (χ0v) is 11.7. The molecule has 0 aliphatic rings. The first-order valence-electron chi connectivity index (χ1n) is 5.93. The maximum atomic E-state index is 11.2. The van der Waals surface area contributed by atoms with Crippen molar-refractivity contribution in [2.45, 2.75) is 6.92 Å². The number of primary amides is 1. The van der Waals surface area contributed by atoms with Crippen LogP contribution in [0.3, 0.4) is 0 Å². The predicted molar refractivity (Wildman–Crippen MR) is 78.3 cm³/mol. The Bertz CT molecular complexity index is 694. The normalized spacial score (nSPS) is 10.7. The molecule has 0 unspecified atom stereocenters. The molecule has 1 amide bonds. The topological polar surface area (TPSA) is 105 Å². The van der Waals surface area contributed by atoms with E-state index in [1.54, 1.807) is 25.1 Å². The molecular formula is C13H15N3O3S. The fraction of sp³-hybridized carbons (Fsp3) is 0.154. The highest BCUT2D eigenvalue weighted by Crippen LogP contribution is 2.23. The van der Waals surface area contributed by atoms with Crippen LogP contribution in [0.1, 0.15) is 16.1 Å². The number of H-pyrrole nitrogens is 1. The van der Waals surface area contributed by atoms with Gasteiger partial charge in [0.2, 0.25) is 0 Å². The first kappa shape index (κ1) is 14.1. The standard InChI is InChI=1S/C13H15N3O3S/c1-8-11(13(14)17)6-12(16-8)9-2-4-10(5-3-9)15-7-20(18)19/h2-6,15-16,20H,7H2,1H3,(H2,14,17). The lowest BCUT2D eigenvalue weighted by Crippen LogP contribution is -2.10. The fourth-order valence-corrected chi connectivity index (χ4v) is 2.20. The molecule has 2 rings (SSSR count). The largest absolute Gasteiger partial charge is 0.372 e. The van der Waals surface area contributed by atoms with E-state index in [1.807, 2.05) is 12.1 Å². The van der Waals surface area contributed by atoms with Crippen LogP contribution in [0.4, 0.5) is 5.69 Å². The molecule has 0 atom stereocenters. The number of hydrogen-bond acceptors (Lipinski definition) is 4. The highest BCUT2D eigenvalue weighted by molar-refractivity contribution is 7.72. The molecule has 0 fully saturated rings. The van der Waals surface area contributed by atoms with E-state index < -0.39 is 16.6 Å². The van der Waals surface area contributed by atoms with Crippen LogP contribution in [0.2, 0.25) is 0 Å². The lowest BCUT2D eigenvalue weighted by atomic mass is 10.1. The van der Waals surface area contributed by atoms with Crippen molar-refractivity contribution in [1.82, 2.24) is 4.98 Å². The third kappa shape index (κ3) is 3.18. The third-order valence-electron chi connectivity index (χ3n) is 2.89. The summed E-state index contributed by atoms with van der Waals surface area (Å²) in [4.78, 5) is 14.3. The second-order valence-corrected chi connectivity index (χ2v) is 5.31. The van der Waals surface area contributed by atoms with E-state index in [2.05, 4.69) is 10.3 Å². The molecule has 1 aromatic carbocycles. The summed E-state index contributed by atoms with van der Waals surface area (Å²) >= 11 is 0. The molecule has 0 saturated carbocycles. The minimum atomic E-state index is -2.45. The van der Waals surface area contributed by atoms with Crippen molar-refractivity contribution in [3.8, 4) is 11.3 Å². The van der Waals surface area contributed by atoms with Crippen molar-refractivity contribution in [2.75, 3.05) is 11.2 Å². The average molecular weight is 293 g/mol. The molecule has 6 nitrogen and oxygen atoms in total. The average Bonchev–Trinajstić information content (AvgIpc) is 2.79. The van der Waals surface area contributed by atoms with Crippen molar-refractivity contribution in [2.24, 2.45) is 5.73 Å². The molecule has 0 saturated heterocycles. The molecule has 1 aromatic heterocycles. The van der Waals surface area contributed by atoms with Gasteiger partial charge >= 0.3 is 0 Å². The number of carbonyl (C=O) groups is 1. The minimum absolute atomic E-state index is 0.0951. The summed E-state index contributed by atoms with van der Waals surface area (Å²) in [6.45, 7) is 1.78. The summed E-state index contributed by atoms with van der Waals surface area (Å²) in [7, 11) is -2.45. The molecule has 1 heterocycles. The molecule has 0 aliphatic carbocycles. The number of amides is 1. The molecule has 106 valence electrons. The summed E-state index contributed by atoms with van der Waals surface area (Å²) in [6, 6.07) is 8.91. The molecule has 20 heavy (non-hydrogen) atoms. The van der Waals surface area contributed by atoms with Crippen molar-refractivity contribution in [3.05, 3.63) is 41.6 Å². The van der Waals surface area contributed by atoms with Gasteiger partial charge in [-0.05, 0) is 30.7 Å². The van der Waals surface area contributed by atoms with Gasteiger partial charge in [0.15, 0.2) is 10.7 Å². The van der Waals surface area contributed by atoms with E-state index >= 15 is 0 Å². The van der Waals surface area contributed by atoms with Gasteiger partial charge in [0.05, 0.1) is 5.56 Å². The Morgan fingerprint density at radius 2 is 1.95 bits per heavy atom. The molecule has 0 aliphatic heterocycles. The SMILES string of the molecule is Cc1[nH]c(-c2ccc(NC[SH](=O)=O)cc2)cc1C(N)=O. The molecule has 0 bridgehead atoms. The van der Waals surface area contributed by atoms with Crippen molar-refractivity contribution >= 4 is 22.3 Å². The number of aromatic amines is 1. The Balaban J connectivity index is 2.21. The first-order chi connectivity index (χ1) is 9.47. The first-order valence-corrected chi connectivity index (χ1v) is 7.29. The van der Waals surface area contributed by atoms with Crippen molar-refractivity contribution in [1.29, 1.82) is 0 Å². The number of carbonyl (C=O) groups excluding carboxylic acids is 1. The molecule has 7 heteroatoms. The summed E-state index contributed by atoms with van der Waals surface area (Å²) in [5.74, 6) is -0.565. The van der Waals surface area contributed by atoms with Crippen LogP contribution in [0, 0.1) is 6.92 Å². The molecule has 2 aromatic rings. The number of rotatable bonds is 5. The van der Waals surface area contributed by atoms with E-state index in [9.17, 15) is 13.2 Å². The van der Waals surface area contributed by atoms with Gasteiger partial charge in [-0.2, -0.15) is 0 Å². The fourth-order valence-electron chi connectivity index (χ4n) is 1.89. The molecular weight excluding hydrogens is 278 g/mol. The summed E-state index contributed by atoms with van der Waals surface area (Å²) in [6.07, 6.45) is 0. The van der Waals surface area contributed by atoms with Crippen LogP contribution in [0.15, 0.2) is 30.3 Å². The van der Waals surface area contributed by atoms with Crippen LogP contribution in [0.25, 0.3) is 11.3 Å². The Labute approximate surface area is 118 Å². The summed E-state index contributed by atoms with van der Waals surface area (Å²) in [5, 5.41) is 2.78. The van der Waals surface area contributed by atoms with Crippen LogP contribution in [-0.4, -0.2) is 25.2 Å². The Morgan fingerprint density at radius 1 is 1.30 bits per heavy atom. The number of hydrogen-bond donors (Lipinski definition) is 4. The lowest BCUT2D eigenvalue weighted by Gasteiger charge is -2.03. The number of benzene rings is 1. The number of aromatic nitrogens is 1. The highest BCUT2D eigenvalue weighted by Gasteiger charge is 2.10. The zero-order valence-electron chi connectivity index (χ0n) is 10.8. The number of nitrogens with one attached hydrogen (secondary N) is 2. The van der Waals surface area contributed by atoms with Crippen LogP contribution < -0.4 is 11.1 Å². The summed E-state index contributed by atoms with van der Waals surface area (Å²) in [5.41, 5.74) is 8.85. The number of nitrogens with two attached hydrogens (primary N) is 1. The lowest BCUT2D eigenvalue weighted by molar-refractivity contribution is 0.1000. The zero-order chi connectivity index (χ0) is 14.7. The maximum absolute atomic E-state index is 11.2. The Morgan fingerprint density at radius 3 is 2.45 bits per heavy atom. The van der Waals surface area contributed by atoms with Crippen molar-refractivity contribution < 1.29 is 13.2 Å². The number of thiol groups is 1. The van der Waals surface area contributed by atoms with Gasteiger partial charge in [-0.3, -0.25) is 4.79 Å². The van der Waals surface area contributed by atoms with Crippen molar-refractivity contribution in [3.63, 3.8) is 0 Å². The second-order valence-electron chi connectivity index (χ2n) is 4.33. The third-order valence-corrected chi connectivity index (χ3v) is 3.30. The van der Waals surface area contributed by atoms with E-state index in [1.165, 1.54) is 0 Å². The molecule has 0 spiro atoms. The van der Waals surface area contributed by atoms with E-state index in [-0.39, 0.29) is 5.88 Å². The van der Waals surface area contributed by atoms with Gasteiger partial charge < -0.3 is 16.0 Å². The smallest absolute Gasteiger partial charge is 0.250 e. The van der Waals surface area contributed by atoms with Gasteiger partial charge in [-0.1, -0.05) is 12.1 Å². The maximum Gasteiger partial charge on any atom is 0.250 e. The van der Waals surface area contributed by atoms with E-state index in [4.69, 9.17) is 5.73 Å². The molecule has 0 radical (unpaired) electrons. The van der Waals surface area contributed by atoms with Gasteiger partial charge in [0, 0.05) is 17.1 Å². The van der Waals surface area contributed by atoms with Crippen LogP contribution >= 0.6 is 0 Å². The molecule has 4 N–H and O–H groups in total. The van der Waals surface area contributed by atoms with Gasteiger partial charge in [0.25, 0.3) is 5.91 Å². The van der Waals surface area contributed by atoms with Crippen LogP contribution in [0.5, 0.6) is 0 Å².